The Kier molecular flexibility index (Phi) is 3.92. The van der Waals surface area contributed by atoms with Crippen LogP contribution in [0, 0.1) is 6.92 Å². The van der Waals surface area contributed by atoms with E-state index in [-0.39, 0.29) is 12.2 Å². The summed E-state index contributed by atoms with van der Waals surface area (Å²) in [4.78, 5) is 0. The maximum Gasteiger partial charge on any atom is 0.130 e. The molecule has 0 amide bonds. The van der Waals surface area contributed by atoms with Crippen molar-refractivity contribution in [1.29, 1.82) is 0 Å². The van der Waals surface area contributed by atoms with Crippen molar-refractivity contribution in [3.63, 3.8) is 0 Å². The van der Waals surface area contributed by atoms with Crippen LogP contribution in [-0.2, 0) is 4.74 Å². The van der Waals surface area contributed by atoms with Crippen molar-refractivity contribution in [2.24, 2.45) is 0 Å². The van der Waals surface area contributed by atoms with Gasteiger partial charge in [-0.1, -0.05) is 17.7 Å². The summed E-state index contributed by atoms with van der Waals surface area (Å²) in [5.74, 6) is 0.763. The van der Waals surface area contributed by atoms with Crippen molar-refractivity contribution in [2.45, 2.75) is 38.6 Å². The molecule has 17 heavy (non-hydrogen) atoms. The molecule has 0 aliphatic heterocycles. The number of rotatable bonds is 4. The quantitative estimate of drug-likeness (QED) is 0.900. The molecule has 0 radical (unpaired) electrons. The first-order chi connectivity index (χ1) is 8.11. The van der Waals surface area contributed by atoms with Gasteiger partial charge in [0.25, 0.3) is 0 Å². The molecule has 1 N–H and O–H groups in total. The average molecular weight is 257 g/mol. The van der Waals surface area contributed by atoms with Gasteiger partial charge in [0.1, 0.15) is 18.0 Å². The molecule has 1 aromatic rings. The zero-order chi connectivity index (χ0) is 12.4. The fourth-order valence-corrected chi connectivity index (χ4v) is 2.11. The van der Waals surface area contributed by atoms with E-state index in [9.17, 15) is 5.11 Å². The molecule has 0 aromatic heterocycles. The highest BCUT2D eigenvalue weighted by Crippen LogP contribution is 2.31. The Balaban J connectivity index is 2.03. The van der Waals surface area contributed by atoms with Gasteiger partial charge in [-0.2, -0.15) is 0 Å². The number of benzene rings is 1. The van der Waals surface area contributed by atoms with Crippen LogP contribution in [0.1, 0.15) is 18.9 Å². The van der Waals surface area contributed by atoms with Crippen molar-refractivity contribution < 1.29 is 14.6 Å². The highest BCUT2D eigenvalue weighted by molar-refractivity contribution is 6.30. The van der Waals surface area contributed by atoms with E-state index in [1.807, 2.05) is 26.0 Å². The number of hydrogen-bond donors (Lipinski definition) is 1. The molecular weight excluding hydrogens is 240 g/mol. The Morgan fingerprint density at radius 3 is 2.88 bits per heavy atom. The molecule has 0 spiro atoms. The lowest BCUT2D eigenvalue weighted by Crippen LogP contribution is -2.55. The first kappa shape index (κ1) is 12.7. The first-order valence-corrected chi connectivity index (χ1v) is 6.22. The van der Waals surface area contributed by atoms with Gasteiger partial charge in [0.15, 0.2) is 0 Å². The molecule has 94 valence electrons. The molecule has 2 rings (SSSR count). The Labute approximate surface area is 106 Å². The smallest absolute Gasteiger partial charge is 0.130 e. The Morgan fingerprint density at radius 2 is 2.24 bits per heavy atom. The molecule has 1 aliphatic rings. The number of halogens is 1. The number of ether oxygens (including phenoxy) is 2. The monoisotopic (exact) mass is 256 g/mol. The Hall–Kier alpha value is -0.770. The summed E-state index contributed by atoms with van der Waals surface area (Å²) in [6.07, 6.45) is -0.115. The lowest BCUT2D eigenvalue weighted by atomic mass is 9.88. The molecule has 1 saturated carbocycles. The largest absolute Gasteiger partial charge is 0.487 e. The lowest BCUT2D eigenvalue weighted by molar-refractivity contribution is -0.160. The third kappa shape index (κ3) is 2.73. The van der Waals surface area contributed by atoms with Crippen LogP contribution >= 0.6 is 11.6 Å². The molecule has 1 fully saturated rings. The fraction of sp³-hybridized carbons (Fsp3) is 0.538. The molecule has 0 saturated heterocycles. The van der Waals surface area contributed by atoms with Gasteiger partial charge in [0.05, 0.1) is 6.10 Å². The van der Waals surface area contributed by atoms with Gasteiger partial charge in [0.2, 0.25) is 0 Å². The van der Waals surface area contributed by atoms with Crippen LogP contribution in [0.5, 0.6) is 5.75 Å². The standard InChI is InChI=1S/C13H17ClO3/c1-3-16-13-10(15)7-12(13)17-11-6-9(14)5-4-8(11)2/h4-6,10,12-13,15H,3,7H2,1-2H3. The second-order valence-electron chi connectivity index (χ2n) is 4.29. The third-order valence-electron chi connectivity index (χ3n) is 3.01. The van der Waals surface area contributed by atoms with E-state index in [4.69, 9.17) is 21.1 Å². The lowest BCUT2D eigenvalue weighted by Gasteiger charge is -2.40. The van der Waals surface area contributed by atoms with Gasteiger partial charge in [-0.25, -0.2) is 0 Å². The molecule has 1 aliphatic carbocycles. The van der Waals surface area contributed by atoms with E-state index in [2.05, 4.69) is 0 Å². The average Bonchev–Trinajstić information content (AvgIpc) is 2.30. The Bertz CT molecular complexity index is 394. The number of aliphatic hydroxyl groups is 1. The molecule has 3 unspecified atom stereocenters. The summed E-state index contributed by atoms with van der Waals surface area (Å²) >= 11 is 5.93. The van der Waals surface area contributed by atoms with Gasteiger partial charge in [-0.3, -0.25) is 0 Å². The van der Waals surface area contributed by atoms with E-state index in [0.29, 0.717) is 18.1 Å². The Morgan fingerprint density at radius 1 is 1.47 bits per heavy atom. The van der Waals surface area contributed by atoms with Crippen LogP contribution in [0.4, 0.5) is 0 Å². The van der Waals surface area contributed by atoms with Crippen LogP contribution in [0.15, 0.2) is 18.2 Å². The van der Waals surface area contributed by atoms with Crippen LogP contribution in [-0.4, -0.2) is 30.0 Å². The fourth-order valence-electron chi connectivity index (χ4n) is 1.95. The summed E-state index contributed by atoms with van der Waals surface area (Å²) in [5.41, 5.74) is 1.03. The molecule has 3 atom stereocenters. The zero-order valence-electron chi connectivity index (χ0n) is 10.0. The van der Waals surface area contributed by atoms with Crippen LogP contribution in [0.25, 0.3) is 0 Å². The highest BCUT2D eigenvalue weighted by Gasteiger charge is 2.42. The molecule has 0 heterocycles. The van der Waals surface area contributed by atoms with Crippen LogP contribution in [0.2, 0.25) is 5.02 Å². The number of aryl methyl sites for hydroxylation is 1. The minimum absolute atomic E-state index is 0.0814. The SMILES string of the molecule is CCOC1C(O)CC1Oc1cc(Cl)ccc1C. The topological polar surface area (TPSA) is 38.7 Å². The van der Waals surface area contributed by atoms with E-state index in [1.54, 1.807) is 6.07 Å². The summed E-state index contributed by atoms with van der Waals surface area (Å²) in [7, 11) is 0. The summed E-state index contributed by atoms with van der Waals surface area (Å²) in [5, 5.41) is 10.2. The summed E-state index contributed by atoms with van der Waals surface area (Å²) in [6.45, 7) is 4.46. The number of aliphatic hydroxyl groups excluding tert-OH is 1. The predicted molar refractivity (Wildman–Crippen MR) is 66.6 cm³/mol. The van der Waals surface area contributed by atoms with Gasteiger partial charge < -0.3 is 14.6 Å². The maximum atomic E-state index is 9.58. The van der Waals surface area contributed by atoms with Gasteiger partial charge >= 0.3 is 0 Å². The number of hydrogen-bond acceptors (Lipinski definition) is 3. The third-order valence-corrected chi connectivity index (χ3v) is 3.24. The van der Waals surface area contributed by atoms with Gasteiger partial charge in [0, 0.05) is 18.1 Å². The molecule has 0 bridgehead atoms. The summed E-state index contributed by atoms with van der Waals surface area (Å²) < 4.78 is 11.3. The maximum absolute atomic E-state index is 9.58. The second kappa shape index (κ2) is 5.25. The minimum Gasteiger partial charge on any atom is -0.487 e. The van der Waals surface area contributed by atoms with E-state index >= 15 is 0 Å². The summed E-state index contributed by atoms with van der Waals surface area (Å²) in [6, 6.07) is 5.55. The molecular formula is C13H17ClO3. The molecule has 3 nitrogen and oxygen atoms in total. The normalized spacial score (nSPS) is 27.6. The van der Waals surface area contributed by atoms with Crippen LogP contribution < -0.4 is 4.74 Å². The van der Waals surface area contributed by atoms with Gasteiger partial charge in [-0.05, 0) is 31.5 Å². The highest BCUT2D eigenvalue weighted by atomic mass is 35.5. The van der Waals surface area contributed by atoms with Crippen molar-refractivity contribution in [3.8, 4) is 5.75 Å². The zero-order valence-corrected chi connectivity index (χ0v) is 10.8. The van der Waals surface area contributed by atoms with Crippen molar-refractivity contribution in [3.05, 3.63) is 28.8 Å². The van der Waals surface area contributed by atoms with Crippen LogP contribution in [0.3, 0.4) is 0 Å². The van der Waals surface area contributed by atoms with Crippen molar-refractivity contribution in [2.75, 3.05) is 6.61 Å². The van der Waals surface area contributed by atoms with E-state index in [0.717, 1.165) is 11.3 Å². The molecule has 4 heteroatoms. The van der Waals surface area contributed by atoms with Crippen molar-refractivity contribution >= 4 is 11.6 Å². The second-order valence-corrected chi connectivity index (χ2v) is 4.73. The van der Waals surface area contributed by atoms with E-state index in [1.165, 1.54) is 0 Å². The minimum atomic E-state index is -0.417. The molecule has 1 aromatic carbocycles. The van der Waals surface area contributed by atoms with E-state index < -0.39 is 6.10 Å². The van der Waals surface area contributed by atoms with Gasteiger partial charge in [-0.15, -0.1) is 0 Å². The van der Waals surface area contributed by atoms with Crippen molar-refractivity contribution in [1.82, 2.24) is 0 Å². The first-order valence-electron chi connectivity index (χ1n) is 5.84. The predicted octanol–water partition coefficient (Wildman–Crippen LogP) is 2.57.